The fraction of sp³-hybridized carbons (Fsp3) is 0.400. The number of piperazine rings is 1. The average molecular weight is 397 g/mol. The number of thiophene rings is 1. The van der Waals surface area contributed by atoms with E-state index in [1.54, 1.807) is 23.9 Å². The van der Waals surface area contributed by atoms with Crippen molar-refractivity contribution in [1.82, 2.24) is 24.4 Å². The molecular formula is C20H24N6OS. The Balaban J connectivity index is 1.36. The van der Waals surface area contributed by atoms with Crippen LogP contribution in [0.25, 0.3) is 5.82 Å². The van der Waals surface area contributed by atoms with Gasteiger partial charge in [-0.1, -0.05) is 0 Å². The van der Waals surface area contributed by atoms with Gasteiger partial charge in [-0.25, -0.2) is 15.0 Å². The highest BCUT2D eigenvalue weighted by Crippen LogP contribution is 2.20. The zero-order chi connectivity index (χ0) is 19.5. The summed E-state index contributed by atoms with van der Waals surface area (Å²) in [5.74, 6) is 2.68. The molecule has 8 heteroatoms. The highest BCUT2D eigenvalue weighted by Gasteiger charge is 2.22. The molecule has 0 radical (unpaired) electrons. The van der Waals surface area contributed by atoms with Crippen molar-refractivity contribution in [2.75, 3.05) is 31.1 Å². The van der Waals surface area contributed by atoms with E-state index in [4.69, 9.17) is 0 Å². The first kappa shape index (κ1) is 18.6. The van der Waals surface area contributed by atoms with E-state index in [0.717, 1.165) is 50.1 Å². The van der Waals surface area contributed by atoms with Gasteiger partial charge < -0.3 is 9.80 Å². The standard InChI is InChI=1S/C20H24N6OS/c1-15-5-12-28-17(15)3-4-20(27)25-10-8-24(9-11-25)18-13-19(23-16(2)22-18)26-7-6-21-14-26/h5-7,12-14H,3-4,8-11H2,1-2H3. The third kappa shape index (κ3) is 4.06. The molecule has 1 amide bonds. The number of rotatable bonds is 5. The molecule has 0 aromatic carbocycles. The van der Waals surface area contributed by atoms with Gasteiger partial charge in [-0.05, 0) is 37.3 Å². The lowest BCUT2D eigenvalue weighted by molar-refractivity contribution is -0.131. The van der Waals surface area contributed by atoms with Crippen molar-refractivity contribution in [2.45, 2.75) is 26.7 Å². The Labute approximate surface area is 168 Å². The molecule has 4 rings (SSSR count). The summed E-state index contributed by atoms with van der Waals surface area (Å²) in [4.78, 5) is 31.3. The van der Waals surface area contributed by atoms with Crippen LogP contribution in [-0.2, 0) is 11.2 Å². The predicted molar refractivity (Wildman–Crippen MR) is 110 cm³/mol. The first-order valence-electron chi connectivity index (χ1n) is 9.50. The average Bonchev–Trinajstić information content (AvgIpc) is 3.38. The van der Waals surface area contributed by atoms with E-state index in [2.05, 4.69) is 38.2 Å². The van der Waals surface area contributed by atoms with Crippen LogP contribution in [0.1, 0.15) is 22.7 Å². The molecule has 0 unspecified atom stereocenters. The van der Waals surface area contributed by atoms with Crippen molar-refractivity contribution in [2.24, 2.45) is 0 Å². The Bertz CT molecular complexity index is 944. The maximum absolute atomic E-state index is 12.6. The molecule has 0 bridgehead atoms. The molecule has 1 aliphatic rings. The first-order valence-corrected chi connectivity index (χ1v) is 10.4. The first-order chi connectivity index (χ1) is 13.6. The highest BCUT2D eigenvalue weighted by molar-refractivity contribution is 7.10. The van der Waals surface area contributed by atoms with Crippen LogP contribution < -0.4 is 4.90 Å². The minimum atomic E-state index is 0.241. The molecular weight excluding hydrogens is 372 g/mol. The number of anilines is 1. The van der Waals surface area contributed by atoms with Crippen molar-refractivity contribution in [3.05, 3.63) is 52.5 Å². The topological polar surface area (TPSA) is 67.2 Å². The van der Waals surface area contributed by atoms with Gasteiger partial charge in [0.1, 0.15) is 23.8 Å². The van der Waals surface area contributed by atoms with Gasteiger partial charge in [0.25, 0.3) is 0 Å². The molecule has 3 aromatic heterocycles. The van der Waals surface area contributed by atoms with Gasteiger partial charge in [0.2, 0.25) is 5.91 Å². The van der Waals surface area contributed by atoms with Gasteiger partial charge in [-0.3, -0.25) is 9.36 Å². The molecule has 146 valence electrons. The summed E-state index contributed by atoms with van der Waals surface area (Å²) in [5.41, 5.74) is 1.29. The summed E-state index contributed by atoms with van der Waals surface area (Å²) in [6.45, 7) is 7.03. The molecule has 0 N–H and O–H groups in total. The van der Waals surface area contributed by atoms with Crippen LogP contribution in [0.3, 0.4) is 0 Å². The second-order valence-corrected chi connectivity index (χ2v) is 8.00. The number of carbonyl (C=O) groups is 1. The smallest absolute Gasteiger partial charge is 0.223 e. The van der Waals surface area contributed by atoms with E-state index in [-0.39, 0.29) is 5.91 Å². The quantitative estimate of drug-likeness (QED) is 0.663. The monoisotopic (exact) mass is 396 g/mol. The zero-order valence-corrected chi connectivity index (χ0v) is 17.0. The molecule has 0 spiro atoms. The number of imidazole rings is 1. The van der Waals surface area contributed by atoms with E-state index in [0.29, 0.717) is 6.42 Å². The van der Waals surface area contributed by atoms with E-state index < -0.39 is 0 Å². The molecule has 0 aliphatic carbocycles. The maximum Gasteiger partial charge on any atom is 0.223 e. The minimum absolute atomic E-state index is 0.241. The maximum atomic E-state index is 12.6. The molecule has 0 atom stereocenters. The van der Waals surface area contributed by atoms with Crippen molar-refractivity contribution in [1.29, 1.82) is 0 Å². The Morgan fingerprint density at radius 2 is 1.93 bits per heavy atom. The Morgan fingerprint density at radius 3 is 2.61 bits per heavy atom. The summed E-state index contributed by atoms with van der Waals surface area (Å²) in [6.07, 6.45) is 6.76. The molecule has 4 heterocycles. The van der Waals surface area contributed by atoms with Gasteiger partial charge in [-0.15, -0.1) is 11.3 Å². The van der Waals surface area contributed by atoms with Crippen LogP contribution >= 0.6 is 11.3 Å². The number of hydrogen-bond donors (Lipinski definition) is 0. The fourth-order valence-electron chi connectivity index (χ4n) is 3.45. The number of nitrogens with zero attached hydrogens (tertiary/aromatic N) is 6. The van der Waals surface area contributed by atoms with Gasteiger partial charge in [-0.2, -0.15) is 0 Å². The lowest BCUT2D eigenvalue weighted by Crippen LogP contribution is -2.49. The summed E-state index contributed by atoms with van der Waals surface area (Å²) in [7, 11) is 0. The summed E-state index contributed by atoms with van der Waals surface area (Å²) in [6, 6.07) is 4.09. The van der Waals surface area contributed by atoms with E-state index in [9.17, 15) is 4.79 Å². The van der Waals surface area contributed by atoms with Crippen molar-refractivity contribution in [3.63, 3.8) is 0 Å². The third-order valence-electron chi connectivity index (χ3n) is 5.07. The molecule has 7 nitrogen and oxygen atoms in total. The fourth-order valence-corrected chi connectivity index (χ4v) is 4.36. The number of amides is 1. The third-order valence-corrected chi connectivity index (χ3v) is 6.15. The van der Waals surface area contributed by atoms with Crippen LogP contribution in [-0.4, -0.2) is 56.5 Å². The SMILES string of the molecule is Cc1nc(N2CCN(C(=O)CCc3sccc3C)CC2)cc(-n2ccnc2)n1. The molecule has 1 aliphatic heterocycles. The second kappa shape index (κ2) is 8.10. The Morgan fingerprint density at radius 1 is 1.14 bits per heavy atom. The number of aromatic nitrogens is 4. The van der Waals surface area contributed by atoms with E-state index in [1.165, 1.54) is 10.4 Å². The van der Waals surface area contributed by atoms with Crippen LogP contribution in [0, 0.1) is 13.8 Å². The van der Waals surface area contributed by atoms with Gasteiger partial charge in [0.15, 0.2) is 0 Å². The van der Waals surface area contributed by atoms with Gasteiger partial charge in [0.05, 0.1) is 0 Å². The van der Waals surface area contributed by atoms with Crippen molar-refractivity contribution >= 4 is 23.1 Å². The molecule has 1 fully saturated rings. The lowest BCUT2D eigenvalue weighted by atomic mass is 10.2. The van der Waals surface area contributed by atoms with Crippen LogP contribution in [0.2, 0.25) is 0 Å². The predicted octanol–water partition coefficient (Wildman–Crippen LogP) is 2.62. The Hall–Kier alpha value is -2.74. The molecule has 1 saturated heterocycles. The largest absolute Gasteiger partial charge is 0.353 e. The molecule has 28 heavy (non-hydrogen) atoms. The number of aryl methyl sites for hydroxylation is 3. The summed E-state index contributed by atoms with van der Waals surface area (Å²) in [5, 5.41) is 2.09. The highest BCUT2D eigenvalue weighted by atomic mass is 32.1. The second-order valence-electron chi connectivity index (χ2n) is 7.00. The Kier molecular flexibility index (Phi) is 5.38. The molecule has 3 aromatic rings. The number of carbonyl (C=O) groups excluding carboxylic acids is 1. The number of hydrogen-bond acceptors (Lipinski definition) is 6. The lowest BCUT2D eigenvalue weighted by Gasteiger charge is -2.35. The van der Waals surface area contributed by atoms with E-state index >= 15 is 0 Å². The van der Waals surface area contributed by atoms with Crippen molar-refractivity contribution < 1.29 is 4.79 Å². The normalized spacial score (nSPS) is 14.5. The minimum Gasteiger partial charge on any atom is -0.353 e. The van der Waals surface area contributed by atoms with Gasteiger partial charge >= 0.3 is 0 Å². The van der Waals surface area contributed by atoms with Crippen LogP contribution in [0.4, 0.5) is 5.82 Å². The van der Waals surface area contributed by atoms with Gasteiger partial charge in [0, 0.05) is 55.9 Å². The molecule has 0 saturated carbocycles. The zero-order valence-electron chi connectivity index (χ0n) is 16.2. The van der Waals surface area contributed by atoms with Crippen LogP contribution in [0.5, 0.6) is 0 Å². The van der Waals surface area contributed by atoms with Crippen LogP contribution in [0.15, 0.2) is 36.2 Å². The van der Waals surface area contributed by atoms with Crippen molar-refractivity contribution in [3.8, 4) is 5.82 Å². The summed E-state index contributed by atoms with van der Waals surface area (Å²) >= 11 is 1.74. The van der Waals surface area contributed by atoms with E-state index in [1.807, 2.05) is 28.7 Å². The summed E-state index contributed by atoms with van der Waals surface area (Å²) < 4.78 is 1.88.